The summed E-state index contributed by atoms with van der Waals surface area (Å²) in [6.45, 7) is 0.785. The Labute approximate surface area is 137 Å². The van der Waals surface area contributed by atoms with Gasteiger partial charge in [0, 0.05) is 31.5 Å². The maximum atomic E-state index is 14.1. The lowest BCUT2D eigenvalue weighted by Gasteiger charge is -2.42. The summed E-state index contributed by atoms with van der Waals surface area (Å²) in [6.07, 6.45) is 4.35. The number of piperidine rings is 1. The van der Waals surface area contributed by atoms with Crippen LogP contribution in [-0.2, 0) is 4.79 Å². The molecule has 1 unspecified atom stereocenters. The van der Waals surface area contributed by atoms with Crippen LogP contribution >= 0.6 is 0 Å². The van der Waals surface area contributed by atoms with Crippen LogP contribution in [0.1, 0.15) is 32.1 Å². The van der Waals surface area contributed by atoms with Crippen LogP contribution in [0, 0.1) is 0 Å². The molecule has 2 heterocycles. The average molecular weight is 342 g/mol. The number of nitrogens with one attached hydrogen (secondary N) is 2. The first kappa shape index (κ1) is 16.8. The van der Waals surface area contributed by atoms with Crippen molar-refractivity contribution >= 4 is 11.7 Å². The van der Waals surface area contributed by atoms with Gasteiger partial charge in [-0.2, -0.15) is 8.78 Å². The quantitative estimate of drug-likeness (QED) is 0.736. The van der Waals surface area contributed by atoms with Gasteiger partial charge in [-0.15, -0.1) is 0 Å². The minimum absolute atomic E-state index is 0.0759. The molecule has 2 aliphatic rings. The third-order valence-electron chi connectivity index (χ3n) is 4.80. The molecular formula is C15H20F2N4O3. The summed E-state index contributed by atoms with van der Waals surface area (Å²) in [5.41, 5.74) is -2.59. The van der Waals surface area contributed by atoms with E-state index in [0.717, 1.165) is 0 Å². The van der Waals surface area contributed by atoms with E-state index in [1.54, 1.807) is 4.90 Å². The number of hydrogen-bond acceptors (Lipinski definition) is 5. The van der Waals surface area contributed by atoms with Crippen LogP contribution in [-0.4, -0.2) is 51.6 Å². The summed E-state index contributed by atoms with van der Waals surface area (Å²) in [4.78, 5) is 31.9. The molecule has 1 saturated heterocycles. The highest BCUT2D eigenvalue weighted by molar-refractivity contribution is 5.85. The lowest BCUT2D eigenvalue weighted by Crippen LogP contribution is -2.63. The number of carbonyl (C=O) groups is 1. The van der Waals surface area contributed by atoms with Gasteiger partial charge in [0.05, 0.1) is 0 Å². The lowest BCUT2D eigenvalue weighted by atomic mass is 9.75. The molecule has 3 rings (SSSR count). The zero-order chi connectivity index (χ0) is 17.4. The molecule has 24 heavy (non-hydrogen) atoms. The Hall–Kier alpha value is -2.03. The van der Waals surface area contributed by atoms with Crippen molar-refractivity contribution in [2.45, 2.75) is 49.7 Å². The van der Waals surface area contributed by atoms with Crippen LogP contribution in [0.4, 0.5) is 14.6 Å². The molecule has 9 heteroatoms. The van der Waals surface area contributed by atoms with Crippen molar-refractivity contribution < 1.29 is 18.7 Å². The van der Waals surface area contributed by atoms with Crippen molar-refractivity contribution in [3.05, 3.63) is 22.7 Å². The summed E-state index contributed by atoms with van der Waals surface area (Å²) < 4.78 is 28.3. The third kappa shape index (κ3) is 2.88. The molecule has 0 radical (unpaired) electrons. The van der Waals surface area contributed by atoms with Gasteiger partial charge in [-0.1, -0.05) is 0 Å². The van der Waals surface area contributed by atoms with Crippen molar-refractivity contribution in [2.75, 3.05) is 18.0 Å². The third-order valence-corrected chi connectivity index (χ3v) is 4.80. The first-order chi connectivity index (χ1) is 11.3. The second-order valence-electron chi connectivity index (χ2n) is 6.46. The summed E-state index contributed by atoms with van der Waals surface area (Å²) in [6, 6.07) is -0.526. The molecule has 0 aromatic carbocycles. The minimum Gasteiger partial charge on any atom is -0.383 e. The van der Waals surface area contributed by atoms with Gasteiger partial charge in [0.2, 0.25) is 0 Å². The number of amides is 1. The number of rotatable bonds is 4. The minimum atomic E-state index is -3.81. The van der Waals surface area contributed by atoms with Gasteiger partial charge >= 0.3 is 5.92 Å². The second-order valence-corrected chi connectivity index (χ2v) is 6.46. The fraction of sp³-hybridized carbons (Fsp3) is 0.667. The number of aromatic amines is 1. The van der Waals surface area contributed by atoms with Crippen LogP contribution in [0.5, 0.6) is 0 Å². The molecule has 1 aromatic heterocycles. The number of aliphatic hydroxyl groups is 1. The van der Waals surface area contributed by atoms with Gasteiger partial charge < -0.3 is 20.3 Å². The summed E-state index contributed by atoms with van der Waals surface area (Å²) in [7, 11) is 0. The number of hydrogen-bond donors (Lipinski definition) is 3. The van der Waals surface area contributed by atoms with Gasteiger partial charge in [0.1, 0.15) is 5.60 Å². The number of H-pyrrole nitrogens is 1. The van der Waals surface area contributed by atoms with E-state index in [9.17, 15) is 23.5 Å². The Balaban J connectivity index is 1.66. The van der Waals surface area contributed by atoms with Gasteiger partial charge in [-0.05, 0) is 32.1 Å². The zero-order valence-corrected chi connectivity index (χ0v) is 13.1. The molecule has 1 amide bonds. The van der Waals surface area contributed by atoms with Gasteiger partial charge in [-0.25, -0.2) is 4.98 Å². The molecule has 7 nitrogen and oxygen atoms in total. The van der Waals surface area contributed by atoms with E-state index in [1.165, 1.54) is 12.4 Å². The number of alkyl halides is 2. The van der Waals surface area contributed by atoms with Gasteiger partial charge in [-0.3, -0.25) is 9.59 Å². The smallest absolute Gasteiger partial charge is 0.352 e. The van der Waals surface area contributed by atoms with Crippen LogP contribution in [0.2, 0.25) is 0 Å². The number of halogens is 2. The van der Waals surface area contributed by atoms with Crippen molar-refractivity contribution in [3.8, 4) is 0 Å². The molecule has 1 aromatic rings. The van der Waals surface area contributed by atoms with Gasteiger partial charge in [0.25, 0.3) is 11.5 Å². The first-order valence-electron chi connectivity index (χ1n) is 8.03. The molecule has 1 atom stereocenters. The molecular weight excluding hydrogens is 322 g/mol. The van der Waals surface area contributed by atoms with Crippen molar-refractivity contribution in [3.63, 3.8) is 0 Å². The van der Waals surface area contributed by atoms with Crippen molar-refractivity contribution in [2.24, 2.45) is 0 Å². The number of nitrogens with zero attached hydrogens (tertiary/aromatic N) is 2. The van der Waals surface area contributed by atoms with E-state index in [1.807, 2.05) is 0 Å². The molecule has 3 N–H and O–H groups in total. The number of aromatic nitrogens is 2. The predicted molar refractivity (Wildman–Crippen MR) is 82.0 cm³/mol. The molecule has 1 saturated carbocycles. The summed E-state index contributed by atoms with van der Waals surface area (Å²) in [5, 5.41) is 12.1. The van der Waals surface area contributed by atoms with E-state index in [0.29, 0.717) is 25.8 Å². The first-order valence-corrected chi connectivity index (χ1v) is 8.03. The second kappa shape index (κ2) is 6.12. The largest absolute Gasteiger partial charge is 0.383 e. The Morgan fingerprint density at radius 3 is 2.83 bits per heavy atom. The normalized spacial score (nSPS) is 23.5. The van der Waals surface area contributed by atoms with E-state index < -0.39 is 23.5 Å². The standard InChI is InChI=1S/C15H20F2N4O3/c16-15(17,14(24)4-2-5-14)13(23)20-10-3-1-8-21(9-10)11-12(22)19-7-6-18-11/h6-7,10,24H,1-5,8-9H2,(H,19,22)(H,20,23). The highest BCUT2D eigenvalue weighted by Crippen LogP contribution is 2.44. The lowest BCUT2D eigenvalue weighted by molar-refractivity contribution is -0.216. The molecule has 0 bridgehead atoms. The number of anilines is 1. The monoisotopic (exact) mass is 342 g/mol. The van der Waals surface area contributed by atoms with E-state index in [2.05, 4.69) is 15.3 Å². The van der Waals surface area contributed by atoms with Crippen LogP contribution in [0.3, 0.4) is 0 Å². The topological polar surface area (TPSA) is 98.3 Å². The Morgan fingerprint density at radius 1 is 1.46 bits per heavy atom. The number of carbonyl (C=O) groups excluding carboxylic acids is 1. The van der Waals surface area contributed by atoms with E-state index in [-0.39, 0.29) is 30.8 Å². The maximum absolute atomic E-state index is 14.1. The van der Waals surface area contributed by atoms with Gasteiger partial charge in [0.15, 0.2) is 5.82 Å². The van der Waals surface area contributed by atoms with Crippen molar-refractivity contribution in [1.29, 1.82) is 0 Å². The molecule has 0 spiro atoms. The van der Waals surface area contributed by atoms with Crippen LogP contribution in [0.25, 0.3) is 0 Å². The zero-order valence-electron chi connectivity index (χ0n) is 13.1. The Bertz CT molecular complexity index is 675. The predicted octanol–water partition coefficient (Wildman–Crippen LogP) is 0.405. The van der Waals surface area contributed by atoms with E-state index in [4.69, 9.17) is 0 Å². The van der Waals surface area contributed by atoms with Crippen LogP contribution < -0.4 is 15.8 Å². The summed E-state index contributed by atoms with van der Waals surface area (Å²) in [5.74, 6) is -5.05. The fourth-order valence-corrected chi connectivity index (χ4v) is 3.17. The summed E-state index contributed by atoms with van der Waals surface area (Å²) >= 11 is 0. The maximum Gasteiger partial charge on any atom is 0.352 e. The highest BCUT2D eigenvalue weighted by Gasteiger charge is 2.61. The fourth-order valence-electron chi connectivity index (χ4n) is 3.17. The van der Waals surface area contributed by atoms with E-state index >= 15 is 0 Å². The van der Waals surface area contributed by atoms with Crippen LogP contribution in [0.15, 0.2) is 17.2 Å². The molecule has 2 fully saturated rings. The average Bonchev–Trinajstić information content (AvgIpc) is 2.53. The Morgan fingerprint density at radius 2 is 2.21 bits per heavy atom. The van der Waals surface area contributed by atoms with Crippen molar-refractivity contribution in [1.82, 2.24) is 15.3 Å². The highest BCUT2D eigenvalue weighted by atomic mass is 19.3. The Kier molecular flexibility index (Phi) is 4.29. The SMILES string of the molecule is O=C(NC1CCCN(c2ncc[nH]c2=O)C1)C(F)(F)C1(O)CCC1. The molecule has 1 aliphatic carbocycles. The molecule has 1 aliphatic heterocycles. The molecule has 132 valence electrons.